The monoisotopic (exact) mass is 643 g/mol. The number of piperidine rings is 1. The molecule has 1 aromatic heterocycles. The number of nitrogens with two attached hydrogens (primary N) is 1. The van der Waals surface area contributed by atoms with Gasteiger partial charge in [-0.1, -0.05) is 43.9 Å². The van der Waals surface area contributed by atoms with Crippen molar-refractivity contribution >= 4 is 41.1 Å². The van der Waals surface area contributed by atoms with E-state index in [1.165, 1.54) is 37.2 Å². The third kappa shape index (κ3) is 10.8. The Hall–Kier alpha value is -4.63. The van der Waals surface area contributed by atoms with Gasteiger partial charge in [-0.15, -0.1) is 0 Å². The van der Waals surface area contributed by atoms with Crippen molar-refractivity contribution < 1.29 is 22.8 Å². The third-order valence-electron chi connectivity index (χ3n) is 6.33. The second-order valence-corrected chi connectivity index (χ2v) is 10.4. The van der Waals surface area contributed by atoms with E-state index in [0.717, 1.165) is 31.4 Å². The van der Waals surface area contributed by atoms with Gasteiger partial charge in [0.05, 0.1) is 16.1 Å². The number of hydrogen-bond donors (Lipinski definition) is 4. The van der Waals surface area contributed by atoms with Crippen LogP contribution in [0.25, 0.3) is 0 Å². The quantitative estimate of drug-likeness (QED) is 0.0634. The normalized spacial score (nSPS) is 15.4. The van der Waals surface area contributed by atoms with Gasteiger partial charge in [0.2, 0.25) is 6.41 Å². The highest BCUT2D eigenvalue weighted by atomic mass is 35.5. The third-order valence-corrected chi connectivity index (χ3v) is 6.66. The fourth-order valence-electron chi connectivity index (χ4n) is 4.18. The van der Waals surface area contributed by atoms with Crippen molar-refractivity contribution in [1.82, 2.24) is 14.9 Å². The molecule has 3 rings (SSSR count). The molecule has 0 aliphatic carbocycles. The Balaban J connectivity index is 0.00000226. The highest BCUT2D eigenvalue weighted by Gasteiger charge is 2.33. The standard InChI is InChI=1S/C29H29ClF3N7O2.C3H8/c1-18(5-10-25(42)20-6-8-23(30)22(14-20)29(31,32)33)19(11-12-34)7-9-24(35)26-27(36-2)37-16-38-28(26)39-21-4-3-13-40(15-21)17-41;1-3-2/h5-6,8,10-12,14,16-17,21,35H,3-4,13,15,34H2,1-2H3,(H2,36,37,38,39);3H2,1-2H3/b10-5-,12-11+,19-18-,35-24?;. The molecule has 0 radical (unpaired) electrons. The lowest BCUT2D eigenvalue weighted by Crippen LogP contribution is -2.41. The summed E-state index contributed by atoms with van der Waals surface area (Å²) in [4.78, 5) is 34.0. The number of aromatic nitrogens is 2. The summed E-state index contributed by atoms with van der Waals surface area (Å²) in [6.45, 7) is 7.06. The summed E-state index contributed by atoms with van der Waals surface area (Å²) < 4.78 is 39.6. The zero-order valence-electron chi connectivity index (χ0n) is 25.6. The van der Waals surface area contributed by atoms with Crippen LogP contribution in [0, 0.1) is 17.3 Å². The number of benzene rings is 1. The van der Waals surface area contributed by atoms with Crippen molar-refractivity contribution in [2.45, 2.75) is 52.3 Å². The Morgan fingerprint density at radius 3 is 2.51 bits per heavy atom. The molecule has 0 saturated carbocycles. The smallest absolute Gasteiger partial charge is 0.405 e. The minimum atomic E-state index is -4.70. The van der Waals surface area contributed by atoms with Gasteiger partial charge in [0.1, 0.15) is 23.7 Å². The maximum Gasteiger partial charge on any atom is 0.417 e. The molecule has 1 unspecified atom stereocenters. The van der Waals surface area contributed by atoms with Crippen molar-refractivity contribution in [2.24, 2.45) is 5.73 Å². The molecule has 1 amide bonds. The number of amides is 1. The molecule has 1 aliphatic rings. The van der Waals surface area contributed by atoms with Gasteiger partial charge in [-0.2, -0.15) is 13.2 Å². The summed E-state index contributed by atoms with van der Waals surface area (Å²) in [7, 11) is 1.65. The first-order valence-corrected chi connectivity index (χ1v) is 14.6. The first-order chi connectivity index (χ1) is 21.4. The van der Waals surface area contributed by atoms with Crippen LogP contribution in [0.3, 0.4) is 0 Å². The predicted octanol–water partition coefficient (Wildman–Crippen LogP) is 6.24. The van der Waals surface area contributed by atoms with E-state index >= 15 is 0 Å². The number of rotatable bonds is 9. The topological polar surface area (TPSA) is 137 Å². The molecule has 45 heavy (non-hydrogen) atoms. The van der Waals surface area contributed by atoms with E-state index in [4.69, 9.17) is 22.7 Å². The maximum absolute atomic E-state index is 13.2. The summed E-state index contributed by atoms with van der Waals surface area (Å²) in [5.74, 6) is 5.72. The second-order valence-electron chi connectivity index (χ2n) is 9.96. The number of likely N-dealkylation sites (tertiary alicyclic amines) is 1. The first kappa shape index (κ1) is 36.6. The minimum absolute atomic E-state index is 0.0727. The number of allylic oxidation sites excluding steroid dienone is 5. The number of nitrogens with one attached hydrogen (secondary N) is 3. The fraction of sp³-hybridized carbons (Fsp3) is 0.344. The highest BCUT2D eigenvalue weighted by Crippen LogP contribution is 2.35. The van der Waals surface area contributed by atoms with Gasteiger partial charge < -0.3 is 21.3 Å². The van der Waals surface area contributed by atoms with E-state index in [9.17, 15) is 22.8 Å². The van der Waals surface area contributed by atoms with E-state index in [-0.39, 0.29) is 17.3 Å². The van der Waals surface area contributed by atoms with Crippen LogP contribution in [0.5, 0.6) is 0 Å². The van der Waals surface area contributed by atoms with Gasteiger partial charge in [-0.05, 0) is 67.8 Å². The van der Waals surface area contributed by atoms with Crippen molar-refractivity contribution in [3.63, 3.8) is 0 Å². The molecule has 1 aliphatic heterocycles. The molecule has 1 fully saturated rings. The lowest BCUT2D eigenvalue weighted by Gasteiger charge is -2.31. The average Bonchev–Trinajstić information content (AvgIpc) is 3.01. The predicted molar refractivity (Wildman–Crippen MR) is 172 cm³/mol. The van der Waals surface area contributed by atoms with E-state index in [1.807, 2.05) is 0 Å². The first-order valence-electron chi connectivity index (χ1n) is 14.2. The highest BCUT2D eigenvalue weighted by molar-refractivity contribution is 6.31. The molecule has 1 aromatic carbocycles. The number of carbonyl (C=O) groups is 2. The Morgan fingerprint density at radius 1 is 1.20 bits per heavy atom. The van der Waals surface area contributed by atoms with E-state index in [1.54, 1.807) is 18.9 Å². The van der Waals surface area contributed by atoms with Gasteiger partial charge in [0, 0.05) is 37.3 Å². The molecule has 2 heterocycles. The van der Waals surface area contributed by atoms with Crippen LogP contribution in [0.15, 0.2) is 60.1 Å². The van der Waals surface area contributed by atoms with Gasteiger partial charge in [-0.25, -0.2) is 9.97 Å². The molecule has 0 bridgehead atoms. The summed E-state index contributed by atoms with van der Waals surface area (Å²) in [5.41, 5.74) is 5.36. The van der Waals surface area contributed by atoms with Gasteiger partial charge in [0.25, 0.3) is 0 Å². The van der Waals surface area contributed by atoms with Crippen LogP contribution in [-0.2, 0) is 11.0 Å². The number of halogens is 4. The number of carbonyl (C=O) groups excluding carboxylic acids is 2. The number of hydrogen-bond acceptors (Lipinski definition) is 8. The largest absolute Gasteiger partial charge is 0.417 e. The van der Waals surface area contributed by atoms with Gasteiger partial charge in [0.15, 0.2) is 5.78 Å². The number of ketones is 1. The van der Waals surface area contributed by atoms with Crippen molar-refractivity contribution in [3.8, 4) is 11.8 Å². The average molecular weight is 644 g/mol. The second kappa shape index (κ2) is 17.6. The maximum atomic E-state index is 13.2. The van der Waals surface area contributed by atoms with E-state index < -0.39 is 22.5 Å². The van der Waals surface area contributed by atoms with E-state index in [2.05, 4.69) is 46.3 Å². The molecular weight excluding hydrogens is 607 g/mol. The lowest BCUT2D eigenvalue weighted by atomic mass is 10.0. The van der Waals surface area contributed by atoms with Crippen LogP contribution in [-0.4, -0.2) is 59.0 Å². The molecule has 9 nitrogen and oxygen atoms in total. The molecular formula is C32H37ClF3N7O2. The molecule has 0 spiro atoms. The number of alkyl halides is 3. The van der Waals surface area contributed by atoms with Crippen LogP contribution < -0.4 is 16.4 Å². The molecule has 1 atom stereocenters. The molecule has 5 N–H and O–H groups in total. The van der Waals surface area contributed by atoms with Crippen molar-refractivity contribution in [2.75, 3.05) is 30.8 Å². The molecule has 13 heteroatoms. The number of nitrogens with zero attached hydrogens (tertiary/aromatic N) is 3. The van der Waals surface area contributed by atoms with Crippen LogP contribution in [0.1, 0.15) is 61.5 Å². The number of anilines is 2. The van der Waals surface area contributed by atoms with E-state index in [0.29, 0.717) is 47.5 Å². The summed E-state index contributed by atoms with van der Waals surface area (Å²) in [6, 6.07) is 2.86. The Bertz CT molecular complexity index is 1520. The van der Waals surface area contributed by atoms with Crippen LogP contribution >= 0.6 is 11.6 Å². The SMILES string of the molecule is CCC.CNc1ncnc(NC2CCCN(C=O)C2)c1C(=N)C#CC(/C=C/N)=C(C)/C=C\C(=O)c1ccc(Cl)c(C(F)(F)F)c1. The zero-order chi connectivity index (χ0) is 33.6. The van der Waals surface area contributed by atoms with Crippen LogP contribution in [0.2, 0.25) is 5.02 Å². The fourth-order valence-corrected chi connectivity index (χ4v) is 4.40. The summed E-state index contributed by atoms with van der Waals surface area (Å²) >= 11 is 5.64. The molecule has 2 aromatic rings. The Kier molecular flexibility index (Phi) is 14.3. The molecule has 1 saturated heterocycles. The Morgan fingerprint density at radius 2 is 1.89 bits per heavy atom. The minimum Gasteiger partial charge on any atom is -0.405 e. The van der Waals surface area contributed by atoms with Crippen LogP contribution in [0.4, 0.5) is 24.8 Å². The Labute approximate surface area is 266 Å². The van der Waals surface area contributed by atoms with Crippen molar-refractivity contribution in [3.05, 3.63) is 81.8 Å². The van der Waals surface area contributed by atoms with Gasteiger partial charge in [-0.3, -0.25) is 15.0 Å². The molecule has 240 valence electrons. The lowest BCUT2D eigenvalue weighted by molar-refractivity contribution is -0.137. The zero-order valence-corrected chi connectivity index (χ0v) is 26.3. The summed E-state index contributed by atoms with van der Waals surface area (Å²) in [5, 5.41) is 14.4. The summed E-state index contributed by atoms with van der Waals surface area (Å²) in [6.07, 6.45) is 5.57. The van der Waals surface area contributed by atoms with Crippen molar-refractivity contribution in [1.29, 1.82) is 5.41 Å². The van der Waals surface area contributed by atoms with Gasteiger partial charge >= 0.3 is 6.18 Å².